The maximum atomic E-state index is 12.2. The summed E-state index contributed by atoms with van der Waals surface area (Å²) in [5.74, 6) is -0.192. The second-order valence-corrected chi connectivity index (χ2v) is 5.40. The zero-order valence-electron chi connectivity index (χ0n) is 10.9. The molecule has 6 nitrogen and oxygen atoms in total. The van der Waals surface area contributed by atoms with E-state index in [1.807, 2.05) is 0 Å². The van der Waals surface area contributed by atoms with Gasteiger partial charge in [-0.1, -0.05) is 12.8 Å². The van der Waals surface area contributed by atoms with Crippen molar-refractivity contribution < 1.29 is 9.53 Å². The summed E-state index contributed by atoms with van der Waals surface area (Å²) in [5, 5.41) is 12.1. The predicted molar refractivity (Wildman–Crippen MR) is 68.3 cm³/mol. The SMILES string of the molecule is N#C[C@H]1C(=O)NC(N2CCOCC2)=NC12CCCC2. The summed E-state index contributed by atoms with van der Waals surface area (Å²) in [4.78, 5) is 19.0. The number of rotatable bonds is 0. The number of hydrogen-bond donors (Lipinski definition) is 1. The number of aliphatic imine (C=N–C) groups is 1. The summed E-state index contributed by atoms with van der Waals surface area (Å²) in [6.07, 6.45) is 3.77. The van der Waals surface area contributed by atoms with E-state index in [0.717, 1.165) is 38.8 Å². The molecule has 1 amide bonds. The van der Waals surface area contributed by atoms with Crippen molar-refractivity contribution in [3.8, 4) is 6.07 Å². The van der Waals surface area contributed by atoms with E-state index in [1.165, 1.54) is 0 Å². The van der Waals surface area contributed by atoms with Gasteiger partial charge in [0, 0.05) is 13.1 Å². The molecule has 3 rings (SSSR count). The molecule has 0 radical (unpaired) electrons. The molecular formula is C13H18N4O2. The van der Waals surface area contributed by atoms with Crippen molar-refractivity contribution in [2.24, 2.45) is 10.9 Å². The van der Waals surface area contributed by atoms with Crippen molar-refractivity contribution in [1.29, 1.82) is 5.26 Å². The molecule has 19 heavy (non-hydrogen) atoms. The van der Waals surface area contributed by atoms with Gasteiger partial charge in [0.15, 0.2) is 5.92 Å². The first kappa shape index (κ1) is 12.4. The lowest BCUT2D eigenvalue weighted by Gasteiger charge is -2.38. The molecule has 6 heteroatoms. The van der Waals surface area contributed by atoms with Crippen LogP contribution in [0.3, 0.4) is 0 Å². The standard InChI is InChI=1S/C13H18N4O2/c14-9-10-11(18)15-12(17-5-7-19-8-6-17)16-13(10)3-1-2-4-13/h10H,1-8H2,(H,15,16,18)/t10-/m0/s1. The minimum Gasteiger partial charge on any atom is -0.378 e. The third kappa shape index (κ3) is 2.08. The molecule has 1 N–H and O–H groups in total. The number of guanidine groups is 1. The zero-order chi connectivity index (χ0) is 13.3. The average Bonchev–Trinajstić information content (AvgIpc) is 2.88. The van der Waals surface area contributed by atoms with Gasteiger partial charge in [0.2, 0.25) is 11.9 Å². The highest BCUT2D eigenvalue weighted by atomic mass is 16.5. The number of carbonyl (C=O) groups excluding carboxylic acids is 1. The fraction of sp³-hybridized carbons (Fsp3) is 0.769. The van der Waals surface area contributed by atoms with Crippen LogP contribution in [0.5, 0.6) is 0 Å². The molecule has 1 saturated carbocycles. The van der Waals surface area contributed by atoms with Gasteiger partial charge in [-0.25, -0.2) is 4.99 Å². The van der Waals surface area contributed by atoms with Crippen LogP contribution in [0.4, 0.5) is 0 Å². The Bertz CT molecular complexity index is 442. The van der Waals surface area contributed by atoms with Crippen LogP contribution >= 0.6 is 0 Å². The maximum Gasteiger partial charge on any atom is 0.246 e. The van der Waals surface area contributed by atoms with Crippen molar-refractivity contribution >= 4 is 11.9 Å². The molecule has 0 unspecified atom stereocenters. The molecule has 2 heterocycles. The molecule has 1 spiro atoms. The Morgan fingerprint density at radius 1 is 1.37 bits per heavy atom. The average molecular weight is 262 g/mol. The Balaban J connectivity index is 1.91. The van der Waals surface area contributed by atoms with Crippen LogP contribution in [0.25, 0.3) is 0 Å². The van der Waals surface area contributed by atoms with Gasteiger partial charge in [-0.05, 0) is 12.8 Å². The number of hydrogen-bond acceptors (Lipinski definition) is 5. The number of carbonyl (C=O) groups is 1. The van der Waals surface area contributed by atoms with Crippen LogP contribution in [0.2, 0.25) is 0 Å². The van der Waals surface area contributed by atoms with E-state index in [2.05, 4.69) is 16.3 Å². The monoisotopic (exact) mass is 262 g/mol. The van der Waals surface area contributed by atoms with E-state index in [1.54, 1.807) is 0 Å². The van der Waals surface area contributed by atoms with Gasteiger partial charge in [0.25, 0.3) is 0 Å². The van der Waals surface area contributed by atoms with E-state index in [9.17, 15) is 10.1 Å². The van der Waals surface area contributed by atoms with Crippen LogP contribution in [-0.4, -0.2) is 48.6 Å². The third-order valence-electron chi connectivity index (χ3n) is 4.27. The zero-order valence-corrected chi connectivity index (χ0v) is 10.9. The highest BCUT2D eigenvalue weighted by Gasteiger charge is 2.49. The maximum absolute atomic E-state index is 12.2. The smallest absolute Gasteiger partial charge is 0.246 e. The predicted octanol–water partition coefficient (Wildman–Crippen LogP) is 0.257. The van der Waals surface area contributed by atoms with Gasteiger partial charge in [0.1, 0.15) is 0 Å². The van der Waals surface area contributed by atoms with Crippen LogP contribution in [-0.2, 0) is 9.53 Å². The number of ether oxygens (including phenoxy) is 1. The van der Waals surface area contributed by atoms with Gasteiger partial charge in [-0.15, -0.1) is 0 Å². The molecule has 1 atom stereocenters. The first-order valence-electron chi connectivity index (χ1n) is 6.88. The van der Waals surface area contributed by atoms with E-state index in [0.29, 0.717) is 19.2 Å². The molecular weight excluding hydrogens is 244 g/mol. The van der Waals surface area contributed by atoms with Crippen molar-refractivity contribution in [2.45, 2.75) is 31.2 Å². The van der Waals surface area contributed by atoms with E-state index in [-0.39, 0.29) is 5.91 Å². The number of nitrogens with zero attached hydrogens (tertiary/aromatic N) is 3. The molecule has 1 saturated heterocycles. The lowest BCUT2D eigenvalue weighted by atomic mass is 9.82. The minimum atomic E-state index is -0.639. The topological polar surface area (TPSA) is 77.7 Å². The fourth-order valence-corrected chi connectivity index (χ4v) is 3.22. The molecule has 0 bridgehead atoms. The molecule has 1 aliphatic carbocycles. The molecule has 3 aliphatic rings. The van der Waals surface area contributed by atoms with Gasteiger partial charge in [0.05, 0.1) is 24.8 Å². The van der Waals surface area contributed by atoms with Crippen molar-refractivity contribution in [3.05, 3.63) is 0 Å². The molecule has 0 aromatic heterocycles. The highest BCUT2D eigenvalue weighted by Crippen LogP contribution is 2.41. The quantitative estimate of drug-likeness (QED) is 0.679. The lowest BCUT2D eigenvalue weighted by molar-refractivity contribution is -0.124. The van der Waals surface area contributed by atoms with Crippen molar-refractivity contribution in [2.75, 3.05) is 26.3 Å². The minimum absolute atomic E-state index is 0.194. The van der Waals surface area contributed by atoms with Gasteiger partial charge in [-0.2, -0.15) is 5.26 Å². The number of amides is 1. The van der Waals surface area contributed by atoms with Crippen LogP contribution in [0.1, 0.15) is 25.7 Å². The summed E-state index contributed by atoms with van der Waals surface area (Å²) in [7, 11) is 0. The summed E-state index contributed by atoms with van der Waals surface area (Å²) in [6.45, 7) is 2.80. The van der Waals surface area contributed by atoms with Crippen LogP contribution < -0.4 is 5.32 Å². The molecule has 102 valence electrons. The molecule has 0 aromatic carbocycles. The Kier molecular flexibility index (Phi) is 3.15. The normalized spacial score (nSPS) is 29.8. The van der Waals surface area contributed by atoms with E-state index < -0.39 is 11.5 Å². The Labute approximate surface area is 112 Å². The first-order valence-corrected chi connectivity index (χ1v) is 6.88. The first-order chi connectivity index (χ1) is 9.25. The van der Waals surface area contributed by atoms with Crippen LogP contribution in [0.15, 0.2) is 4.99 Å². The van der Waals surface area contributed by atoms with Gasteiger partial charge >= 0.3 is 0 Å². The number of nitrogens with one attached hydrogen (secondary N) is 1. The Morgan fingerprint density at radius 2 is 2.05 bits per heavy atom. The molecule has 2 aliphatic heterocycles. The van der Waals surface area contributed by atoms with Crippen molar-refractivity contribution in [1.82, 2.24) is 10.2 Å². The number of nitriles is 1. The molecule has 0 aromatic rings. The second-order valence-electron chi connectivity index (χ2n) is 5.40. The van der Waals surface area contributed by atoms with E-state index in [4.69, 9.17) is 9.73 Å². The van der Waals surface area contributed by atoms with Gasteiger partial charge in [-0.3, -0.25) is 10.1 Å². The highest BCUT2D eigenvalue weighted by molar-refractivity contribution is 6.02. The number of morpholine rings is 1. The summed E-state index contributed by atoms with van der Waals surface area (Å²) in [6, 6.07) is 2.15. The Morgan fingerprint density at radius 3 is 2.68 bits per heavy atom. The Hall–Kier alpha value is -1.61. The van der Waals surface area contributed by atoms with Crippen molar-refractivity contribution in [3.63, 3.8) is 0 Å². The lowest BCUT2D eigenvalue weighted by Crippen LogP contribution is -2.58. The third-order valence-corrected chi connectivity index (χ3v) is 4.27. The molecule has 2 fully saturated rings. The largest absolute Gasteiger partial charge is 0.378 e. The summed E-state index contributed by atoms with van der Waals surface area (Å²) >= 11 is 0. The summed E-state index contributed by atoms with van der Waals surface area (Å²) < 4.78 is 5.31. The fourth-order valence-electron chi connectivity index (χ4n) is 3.22. The van der Waals surface area contributed by atoms with E-state index >= 15 is 0 Å². The second kappa shape index (κ2) is 4.82. The summed E-state index contributed by atoms with van der Waals surface area (Å²) in [5.41, 5.74) is -0.481. The van der Waals surface area contributed by atoms with Gasteiger partial charge < -0.3 is 9.64 Å². The van der Waals surface area contributed by atoms with Crippen LogP contribution in [0, 0.1) is 17.2 Å².